The number of benzene rings is 2. The third-order valence-corrected chi connectivity index (χ3v) is 3.57. The molecule has 0 bridgehead atoms. The number of hydrogen-bond acceptors (Lipinski definition) is 4. The molecule has 7 heteroatoms. The van der Waals surface area contributed by atoms with Gasteiger partial charge in [-0.25, -0.2) is 4.39 Å². The van der Waals surface area contributed by atoms with E-state index in [2.05, 4.69) is 10.6 Å². The first-order valence-electron chi connectivity index (χ1n) is 7.27. The highest BCUT2D eigenvalue weighted by atomic mass is 35.5. The van der Waals surface area contributed by atoms with Crippen LogP contribution in [-0.2, 0) is 11.3 Å². The molecule has 2 N–H and O–H groups in total. The Morgan fingerprint density at radius 1 is 1.36 bits per heavy atom. The highest BCUT2D eigenvalue weighted by Gasteiger charge is 2.11. The average molecular weight is 360 g/mol. The van der Waals surface area contributed by atoms with E-state index in [4.69, 9.17) is 21.6 Å². The summed E-state index contributed by atoms with van der Waals surface area (Å²) in [6.45, 7) is 0.152. The molecule has 0 fully saturated rings. The second-order valence-corrected chi connectivity index (χ2v) is 5.35. The van der Waals surface area contributed by atoms with E-state index in [0.717, 1.165) is 0 Å². The van der Waals surface area contributed by atoms with Crippen molar-refractivity contribution in [2.24, 2.45) is 0 Å². The van der Waals surface area contributed by atoms with Crippen LogP contribution in [0, 0.1) is 17.1 Å². The van der Waals surface area contributed by atoms with Crippen molar-refractivity contribution in [2.45, 2.75) is 6.54 Å². The largest absolute Gasteiger partial charge is 0.495 e. The lowest BCUT2D eigenvalue weighted by Crippen LogP contribution is -2.17. The van der Waals surface area contributed by atoms with Gasteiger partial charge in [-0.2, -0.15) is 5.26 Å². The SMILES string of the molecule is COc1ccc(NC(=O)/C(C#N)=C\NCc2ccccc2F)cc1Cl. The van der Waals surface area contributed by atoms with Crippen molar-refractivity contribution in [1.82, 2.24) is 5.32 Å². The van der Waals surface area contributed by atoms with Crippen LogP contribution in [0.15, 0.2) is 54.2 Å². The third-order valence-electron chi connectivity index (χ3n) is 3.27. The first kappa shape index (κ1) is 18.3. The van der Waals surface area contributed by atoms with Crippen molar-refractivity contribution in [2.75, 3.05) is 12.4 Å². The summed E-state index contributed by atoms with van der Waals surface area (Å²) in [4.78, 5) is 12.1. The molecule has 0 saturated carbocycles. The average Bonchev–Trinajstić information content (AvgIpc) is 2.60. The first-order valence-corrected chi connectivity index (χ1v) is 7.65. The molecule has 0 radical (unpaired) electrons. The molecule has 5 nitrogen and oxygen atoms in total. The molecule has 0 atom stereocenters. The molecule has 25 heavy (non-hydrogen) atoms. The minimum absolute atomic E-state index is 0.150. The number of methoxy groups -OCH3 is 1. The quantitative estimate of drug-likeness (QED) is 0.610. The predicted octanol–water partition coefficient (Wildman–Crippen LogP) is 3.62. The fourth-order valence-corrected chi connectivity index (χ4v) is 2.25. The maximum absolute atomic E-state index is 13.5. The van der Waals surface area contributed by atoms with Crippen molar-refractivity contribution >= 4 is 23.2 Å². The second-order valence-electron chi connectivity index (χ2n) is 4.95. The summed E-state index contributed by atoms with van der Waals surface area (Å²) in [6, 6.07) is 12.8. The minimum atomic E-state index is -0.607. The Balaban J connectivity index is 2.02. The molecule has 0 aliphatic rings. The van der Waals surface area contributed by atoms with Crippen molar-refractivity contribution in [3.05, 3.63) is 70.6 Å². The van der Waals surface area contributed by atoms with Crippen molar-refractivity contribution in [1.29, 1.82) is 5.26 Å². The summed E-state index contributed by atoms with van der Waals surface area (Å²) in [5.41, 5.74) is 0.702. The van der Waals surface area contributed by atoms with Crippen LogP contribution in [-0.4, -0.2) is 13.0 Å². The van der Waals surface area contributed by atoms with Crippen LogP contribution in [0.1, 0.15) is 5.56 Å². The standard InChI is InChI=1S/C18H15ClFN3O2/c1-25-17-7-6-14(8-15(17)19)23-18(24)13(9-21)11-22-10-12-4-2-3-5-16(12)20/h2-8,11,22H,10H2,1H3,(H,23,24)/b13-11-. The Hall–Kier alpha value is -3.04. The molecule has 0 aromatic heterocycles. The van der Waals surface area contributed by atoms with Gasteiger partial charge in [-0.05, 0) is 24.3 Å². The van der Waals surface area contributed by atoms with Gasteiger partial charge in [-0.3, -0.25) is 4.79 Å². The maximum Gasteiger partial charge on any atom is 0.267 e. The van der Waals surface area contributed by atoms with E-state index >= 15 is 0 Å². The molecular weight excluding hydrogens is 345 g/mol. The van der Waals surface area contributed by atoms with E-state index < -0.39 is 5.91 Å². The summed E-state index contributed by atoms with van der Waals surface area (Å²) >= 11 is 5.99. The molecule has 0 spiro atoms. The maximum atomic E-state index is 13.5. The van der Waals surface area contributed by atoms with E-state index in [-0.39, 0.29) is 17.9 Å². The number of amides is 1. The number of carbonyl (C=O) groups excluding carboxylic acids is 1. The van der Waals surface area contributed by atoms with Crippen molar-refractivity contribution < 1.29 is 13.9 Å². The van der Waals surface area contributed by atoms with Gasteiger partial charge >= 0.3 is 0 Å². The molecule has 0 aliphatic heterocycles. The van der Waals surface area contributed by atoms with E-state index in [1.165, 1.54) is 25.4 Å². The van der Waals surface area contributed by atoms with E-state index in [9.17, 15) is 9.18 Å². The van der Waals surface area contributed by atoms with Crippen LogP contribution in [0.4, 0.5) is 10.1 Å². The van der Waals surface area contributed by atoms with Gasteiger partial charge in [0.05, 0.1) is 12.1 Å². The predicted molar refractivity (Wildman–Crippen MR) is 93.6 cm³/mol. The number of carbonyl (C=O) groups is 1. The lowest BCUT2D eigenvalue weighted by molar-refractivity contribution is -0.112. The van der Waals surface area contributed by atoms with E-state index in [0.29, 0.717) is 22.0 Å². The monoisotopic (exact) mass is 359 g/mol. The fourth-order valence-electron chi connectivity index (χ4n) is 2.00. The Labute approximate surface area is 149 Å². The van der Waals surface area contributed by atoms with Crippen LogP contribution in [0.2, 0.25) is 5.02 Å². The lowest BCUT2D eigenvalue weighted by Gasteiger charge is -2.08. The van der Waals surface area contributed by atoms with Crippen molar-refractivity contribution in [3.63, 3.8) is 0 Å². The fraction of sp³-hybridized carbons (Fsp3) is 0.111. The van der Waals surface area contributed by atoms with Crippen LogP contribution < -0.4 is 15.4 Å². The number of nitrogens with one attached hydrogen (secondary N) is 2. The van der Waals surface area contributed by atoms with Gasteiger partial charge in [0, 0.05) is 24.0 Å². The second kappa shape index (κ2) is 8.71. The molecule has 0 aliphatic carbocycles. The lowest BCUT2D eigenvalue weighted by atomic mass is 10.2. The molecule has 1 amide bonds. The summed E-state index contributed by atoms with van der Waals surface area (Å²) < 4.78 is 18.5. The molecule has 128 valence electrons. The van der Waals surface area contributed by atoms with Gasteiger partial charge in [-0.15, -0.1) is 0 Å². The number of ether oxygens (including phenoxy) is 1. The molecular formula is C18H15ClFN3O2. The summed E-state index contributed by atoms with van der Waals surface area (Å²) in [6.07, 6.45) is 1.24. The highest BCUT2D eigenvalue weighted by molar-refractivity contribution is 6.32. The molecule has 0 heterocycles. The molecule has 0 saturated heterocycles. The molecule has 0 unspecified atom stereocenters. The van der Waals surface area contributed by atoms with Crippen molar-refractivity contribution in [3.8, 4) is 11.8 Å². The Bertz CT molecular complexity index is 846. The van der Waals surface area contributed by atoms with Crippen LogP contribution >= 0.6 is 11.6 Å². The van der Waals surface area contributed by atoms with Gasteiger partial charge in [0.2, 0.25) is 0 Å². The summed E-state index contributed by atoms with van der Waals surface area (Å²) in [5.74, 6) is -0.494. The number of anilines is 1. The molecule has 2 aromatic carbocycles. The normalized spacial score (nSPS) is 10.7. The van der Waals surface area contributed by atoms with Gasteiger partial charge < -0.3 is 15.4 Å². The Morgan fingerprint density at radius 3 is 2.76 bits per heavy atom. The Kier molecular flexibility index (Phi) is 6.38. The summed E-state index contributed by atoms with van der Waals surface area (Å²) in [7, 11) is 1.48. The summed E-state index contributed by atoms with van der Waals surface area (Å²) in [5, 5.41) is 14.8. The van der Waals surface area contributed by atoms with Crippen LogP contribution in [0.5, 0.6) is 5.75 Å². The molecule has 2 rings (SSSR count). The minimum Gasteiger partial charge on any atom is -0.495 e. The number of rotatable bonds is 6. The zero-order chi connectivity index (χ0) is 18.2. The zero-order valence-electron chi connectivity index (χ0n) is 13.3. The number of hydrogen-bond donors (Lipinski definition) is 2. The van der Waals surface area contributed by atoms with Gasteiger partial charge in [0.25, 0.3) is 5.91 Å². The smallest absolute Gasteiger partial charge is 0.267 e. The topological polar surface area (TPSA) is 74.1 Å². The van der Waals surface area contributed by atoms with Crippen LogP contribution in [0.25, 0.3) is 0 Å². The van der Waals surface area contributed by atoms with Gasteiger partial charge in [0.1, 0.15) is 23.2 Å². The highest BCUT2D eigenvalue weighted by Crippen LogP contribution is 2.27. The number of nitriles is 1. The number of nitrogens with zero attached hydrogens (tertiary/aromatic N) is 1. The van der Waals surface area contributed by atoms with E-state index in [1.807, 2.05) is 0 Å². The van der Waals surface area contributed by atoms with Crippen LogP contribution in [0.3, 0.4) is 0 Å². The first-order chi connectivity index (χ1) is 12.0. The third kappa shape index (κ3) is 4.96. The van der Waals surface area contributed by atoms with E-state index in [1.54, 1.807) is 36.4 Å². The zero-order valence-corrected chi connectivity index (χ0v) is 14.1. The molecule has 2 aromatic rings. The van der Waals surface area contributed by atoms with Gasteiger partial charge in [-0.1, -0.05) is 29.8 Å². The Morgan fingerprint density at radius 2 is 2.12 bits per heavy atom. The van der Waals surface area contributed by atoms with Gasteiger partial charge in [0.15, 0.2) is 0 Å². The number of halogens is 2.